The van der Waals surface area contributed by atoms with Crippen molar-refractivity contribution in [2.45, 2.75) is 18.0 Å². The normalized spacial score (nSPS) is 11.8. The predicted molar refractivity (Wildman–Crippen MR) is 63.1 cm³/mol. The molecule has 2 nitrogen and oxygen atoms in total. The second-order valence-electron chi connectivity index (χ2n) is 3.30. The lowest BCUT2D eigenvalue weighted by molar-refractivity contribution is -0.137. The number of ether oxygens (including phenoxy) is 1. The van der Waals surface area contributed by atoms with E-state index in [4.69, 9.17) is 10.5 Å². The summed E-state index contributed by atoms with van der Waals surface area (Å²) >= 11 is 1.39. The van der Waals surface area contributed by atoms with Crippen molar-refractivity contribution >= 4 is 17.4 Å². The van der Waals surface area contributed by atoms with E-state index in [2.05, 4.69) is 0 Å². The average Bonchev–Trinajstić information content (AvgIpc) is 2.24. The molecule has 0 bridgehead atoms. The van der Waals surface area contributed by atoms with Gasteiger partial charge in [0.2, 0.25) is 0 Å². The molecule has 0 aliphatic heterocycles. The van der Waals surface area contributed by atoms with Crippen LogP contribution in [0, 0.1) is 0 Å². The summed E-state index contributed by atoms with van der Waals surface area (Å²) in [5.41, 5.74) is 5.01. The molecule has 0 heterocycles. The van der Waals surface area contributed by atoms with E-state index in [1.807, 2.05) is 6.92 Å². The van der Waals surface area contributed by atoms with Crippen LogP contribution in [0.25, 0.3) is 0 Å². The largest absolute Gasteiger partial charge is 0.416 e. The van der Waals surface area contributed by atoms with Crippen molar-refractivity contribution in [3.8, 4) is 0 Å². The van der Waals surface area contributed by atoms with E-state index >= 15 is 0 Å². The molecule has 96 valence electrons. The number of alkyl halides is 3. The van der Waals surface area contributed by atoms with Crippen molar-refractivity contribution in [2.24, 2.45) is 0 Å². The van der Waals surface area contributed by atoms with Gasteiger partial charge in [-0.15, -0.1) is 11.8 Å². The molecule has 0 aliphatic rings. The van der Waals surface area contributed by atoms with Crippen LogP contribution in [0.5, 0.6) is 0 Å². The standard InChI is InChI=1S/C11H14F3NOS/c1-2-16-5-6-17-10-4-3-8(7-9(10)15)11(12,13)14/h3-4,7H,2,5-6,15H2,1H3. The van der Waals surface area contributed by atoms with Crippen LogP contribution in [0.15, 0.2) is 23.1 Å². The van der Waals surface area contributed by atoms with Gasteiger partial charge in [-0.1, -0.05) is 0 Å². The summed E-state index contributed by atoms with van der Waals surface area (Å²) in [5, 5.41) is 0. The van der Waals surface area contributed by atoms with E-state index in [0.29, 0.717) is 23.9 Å². The van der Waals surface area contributed by atoms with Gasteiger partial charge in [0.25, 0.3) is 0 Å². The maximum absolute atomic E-state index is 12.4. The van der Waals surface area contributed by atoms with Crippen molar-refractivity contribution < 1.29 is 17.9 Å². The van der Waals surface area contributed by atoms with Gasteiger partial charge in [-0.05, 0) is 25.1 Å². The molecule has 17 heavy (non-hydrogen) atoms. The highest BCUT2D eigenvalue weighted by molar-refractivity contribution is 7.99. The van der Waals surface area contributed by atoms with Gasteiger partial charge in [-0.3, -0.25) is 0 Å². The number of thioether (sulfide) groups is 1. The predicted octanol–water partition coefficient (Wildman–Crippen LogP) is 3.42. The molecule has 1 aromatic carbocycles. The minimum Gasteiger partial charge on any atom is -0.398 e. The van der Waals surface area contributed by atoms with Crippen LogP contribution < -0.4 is 5.73 Å². The van der Waals surface area contributed by atoms with Gasteiger partial charge in [-0.25, -0.2) is 0 Å². The fourth-order valence-electron chi connectivity index (χ4n) is 1.21. The first-order chi connectivity index (χ1) is 7.95. The minimum atomic E-state index is -4.34. The van der Waals surface area contributed by atoms with Crippen LogP contribution >= 0.6 is 11.8 Å². The Labute approximate surface area is 102 Å². The van der Waals surface area contributed by atoms with Crippen molar-refractivity contribution in [1.82, 2.24) is 0 Å². The molecule has 1 rings (SSSR count). The maximum atomic E-state index is 12.4. The first-order valence-corrected chi connectivity index (χ1v) is 6.11. The van der Waals surface area contributed by atoms with Crippen molar-refractivity contribution in [3.05, 3.63) is 23.8 Å². The smallest absolute Gasteiger partial charge is 0.398 e. The van der Waals surface area contributed by atoms with E-state index in [1.54, 1.807) is 0 Å². The van der Waals surface area contributed by atoms with Crippen LogP contribution in [0.3, 0.4) is 0 Å². The molecular weight excluding hydrogens is 251 g/mol. The molecule has 0 aromatic heterocycles. The number of hydrogen-bond acceptors (Lipinski definition) is 3. The van der Waals surface area contributed by atoms with Gasteiger partial charge in [0.05, 0.1) is 12.2 Å². The Bertz CT molecular complexity index is 368. The van der Waals surface area contributed by atoms with Crippen LogP contribution in [0.4, 0.5) is 18.9 Å². The monoisotopic (exact) mass is 265 g/mol. The topological polar surface area (TPSA) is 35.2 Å². The Balaban J connectivity index is 2.64. The molecule has 0 fully saturated rings. The Morgan fingerprint density at radius 2 is 2.06 bits per heavy atom. The molecule has 0 aliphatic carbocycles. The summed E-state index contributed by atoms with van der Waals surface area (Å²) in [4.78, 5) is 0.651. The molecular formula is C11H14F3NOS. The third-order valence-corrected chi connectivity index (χ3v) is 3.08. The third kappa shape index (κ3) is 4.47. The highest BCUT2D eigenvalue weighted by atomic mass is 32.2. The zero-order chi connectivity index (χ0) is 12.9. The number of rotatable bonds is 5. The molecule has 0 amide bonds. The van der Waals surface area contributed by atoms with E-state index in [9.17, 15) is 13.2 Å². The zero-order valence-corrected chi connectivity index (χ0v) is 10.2. The molecule has 0 atom stereocenters. The number of halogens is 3. The highest BCUT2D eigenvalue weighted by Crippen LogP contribution is 2.34. The average molecular weight is 265 g/mol. The van der Waals surface area contributed by atoms with Gasteiger partial charge in [0.1, 0.15) is 0 Å². The van der Waals surface area contributed by atoms with E-state index in [0.717, 1.165) is 12.1 Å². The van der Waals surface area contributed by atoms with Crippen molar-refractivity contribution in [2.75, 3.05) is 24.7 Å². The van der Waals surface area contributed by atoms with Gasteiger partial charge in [-0.2, -0.15) is 13.2 Å². The van der Waals surface area contributed by atoms with Crippen molar-refractivity contribution in [3.63, 3.8) is 0 Å². The molecule has 0 spiro atoms. The van der Waals surface area contributed by atoms with Gasteiger partial charge in [0, 0.05) is 22.9 Å². The lowest BCUT2D eigenvalue weighted by atomic mass is 10.2. The Hall–Kier alpha value is -0.880. The molecule has 0 unspecified atom stereocenters. The summed E-state index contributed by atoms with van der Waals surface area (Å²) < 4.78 is 42.2. The second kappa shape index (κ2) is 6.16. The minimum absolute atomic E-state index is 0.154. The molecule has 0 saturated heterocycles. The molecule has 2 N–H and O–H groups in total. The van der Waals surface area contributed by atoms with Gasteiger partial charge >= 0.3 is 6.18 Å². The maximum Gasteiger partial charge on any atom is 0.416 e. The summed E-state index contributed by atoms with van der Waals surface area (Å²) in [6.45, 7) is 3.07. The fourth-order valence-corrected chi connectivity index (χ4v) is 2.02. The summed E-state index contributed by atoms with van der Waals surface area (Å²) in [5.74, 6) is 0.670. The van der Waals surface area contributed by atoms with Gasteiger partial charge in [0.15, 0.2) is 0 Å². The molecule has 0 saturated carbocycles. The lowest BCUT2D eigenvalue weighted by Crippen LogP contribution is -2.06. The second-order valence-corrected chi connectivity index (χ2v) is 4.43. The van der Waals surface area contributed by atoms with E-state index < -0.39 is 11.7 Å². The van der Waals surface area contributed by atoms with E-state index in [-0.39, 0.29) is 5.69 Å². The number of nitrogen functional groups attached to an aromatic ring is 1. The summed E-state index contributed by atoms with van der Waals surface area (Å²) in [7, 11) is 0. The molecule has 0 radical (unpaired) electrons. The first-order valence-electron chi connectivity index (χ1n) is 5.12. The third-order valence-electron chi connectivity index (χ3n) is 2.03. The number of nitrogens with two attached hydrogens (primary N) is 1. The Morgan fingerprint density at radius 3 is 2.59 bits per heavy atom. The van der Waals surface area contributed by atoms with Crippen LogP contribution in [0.2, 0.25) is 0 Å². The summed E-state index contributed by atoms with van der Waals surface area (Å²) in [6.07, 6.45) is -4.34. The SMILES string of the molecule is CCOCCSc1ccc(C(F)(F)F)cc1N. The molecule has 1 aromatic rings. The number of anilines is 1. The zero-order valence-electron chi connectivity index (χ0n) is 9.38. The van der Waals surface area contributed by atoms with Crippen LogP contribution in [-0.2, 0) is 10.9 Å². The fraction of sp³-hybridized carbons (Fsp3) is 0.455. The quantitative estimate of drug-likeness (QED) is 0.503. The van der Waals surface area contributed by atoms with Crippen LogP contribution in [0.1, 0.15) is 12.5 Å². The number of benzene rings is 1. The molecule has 6 heteroatoms. The Kier molecular flexibility index (Phi) is 5.14. The first kappa shape index (κ1) is 14.2. The van der Waals surface area contributed by atoms with E-state index in [1.165, 1.54) is 17.8 Å². The lowest BCUT2D eigenvalue weighted by Gasteiger charge is -2.10. The highest BCUT2D eigenvalue weighted by Gasteiger charge is 2.30. The number of hydrogen-bond donors (Lipinski definition) is 1. The van der Waals surface area contributed by atoms with Crippen molar-refractivity contribution in [1.29, 1.82) is 0 Å². The van der Waals surface area contributed by atoms with Crippen LogP contribution in [-0.4, -0.2) is 19.0 Å². The van der Waals surface area contributed by atoms with Gasteiger partial charge < -0.3 is 10.5 Å². The Morgan fingerprint density at radius 1 is 1.35 bits per heavy atom. The summed E-state index contributed by atoms with van der Waals surface area (Å²) in [6, 6.07) is 3.40.